The Morgan fingerprint density at radius 2 is 1.89 bits per heavy atom. The Morgan fingerprint density at radius 1 is 1.11 bits per heavy atom. The molecule has 1 nitrogen and oxygen atoms in total. The van der Waals surface area contributed by atoms with Crippen molar-refractivity contribution in [2.75, 3.05) is 0 Å². The third kappa shape index (κ3) is 3.13. The van der Waals surface area contributed by atoms with E-state index in [0.29, 0.717) is 23.0 Å². The molecule has 1 aliphatic heterocycles. The first kappa shape index (κ1) is 14.2. The summed E-state index contributed by atoms with van der Waals surface area (Å²) in [7, 11) is 0. The van der Waals surface area contributed by atoms with E-state index >= 15 is 0 Å². The van der Waals surface area contributed by atoms with Gasteiger partial charge in [0.05, 0.1) is 11.7 Å². The van der Waals surface area contributed by atoms with Gasteiger partial charge < -0.3 is 4.74 Å². The monoisotopic (exact) mass is 284 g/mol. The average Bonchev–Trinajstić information content (AvgIpc) is 3.03. The highest BCUT2D eigenvalue weighted by Gasteiger charge is 2.43. The van der Waals surface area contributed by atoms with E-state index in [9.17, 15) is 0 Å². The van der Waals surface area contributed by atoms with E-state index in [0.717, 1.165) is 5.92 Å². The second-order valence-electron chi connectivity index (χ2n) is 7.27. The van der Waals surface area contributed by atoms with Gasteiger partial charge in [0.15, 0.2) is 0 Å². The van der Waals surface area contributed by atoms with Crippen LogP contribution in [0.1, 0.15) is 77.6 Å². The molecule has 2 heteroatoms. The van der Waals surface area contributed by atoms with E-state index in [1.807, 2.05) is 0 Å². The van der Waals surface area contributed by atoms with Gasteiger partial charge in [-0.2, -0.15) is 0 Å². The molecule has 0 aromatic carbocycles. The molecule has 1 heterocycles. The highest BCUT2D eigenvalue weighted by atomic mass is 35.5. The number of hydrogen-bond acceptors (Lipinski definition) is 1. The molecule has 4 unspecified atom stereocenters. The molecule has 2 saturated carbocycles. The van der Waals surface area contributed by atoms with Gasteiger partial charge in [-0.15, -0.1) is 11.6 Å². The van der Waals surface area contributed by atoms with Crippen LogP contribution in [0, 0.1) is 11.8 Å². The van der Waals surface area contributed by atoms with Crippen LogP contribution in [0.5, 0.6) is 0 Å². The molecule has 110 valence electrons. The summed E-state index contributed by atoms with van der Waals surface area (Å²) >= 11 is 6.58. The summed E-state index contributed by atoms with van der Waals surface area (Å²) in [6.45, 7) is 2.33. The Labute approximate surface area is 123 Å². The van der Waals surface area contributed by atoms with Crippen LogP contribution < -0.4 is 0 Å². The molecule has 19 heavy (non-hydrogen) atoms. The van der Waals surface area contributed by atoms with Gasteiger partial charge in [0, 0.05) is 5.38 Å². The van der Waals surface area contributed by atoms with Crippen molar-refractivity contribution in [3.63, 3.8) is 0 Å². The molecule has 1 saturated heterocycles. The van der Waals surface area contributed by atoms with Crippen LogP contribution in [0.4, 0.5) is 0 Å². The Morgan fingerprint density at radius 3 is 2.63 bits per heavy atom. The third-order valence-corrected chi connectivity index (χ3v) is 6.57. The van der Waals surface area contributed by atoms with Crippen LogP contribution in [0.3, 0.4) is 0 Å². The second-order valence-corrected chi connectivity index (χ2v) is 7.83. The van der Waals surface area contributed by atoms with Crippen molar-refractivity contribution in [2.45, 2.75) is 94.6 Å². The normalized spacial score (nSPS) is 42.0. The lowest BCUT2D eigenvalue weighted by Crippen LogP contribution is -2.30. The number of alkyl halides is 1. The van der Waals surface area contributed by atoms with Crippen LogP contribution in [-0.4, -0.2) is 17.1 Å². The minimum Gasteiger partial charge on any atom is -0.372 e. The number of hydrogen-bond donors (Lipinski definition) is 0. The molecule has 0 amide bonds. The second kappa shape index (κ2) is 5.93. The first-order chi connectivity index (χ1) is 9.21. The van der Waals surface area contributed by atoms with Crippen molar-refractivity contribution >= 4 is 11.6 Å². The van der Waals surface area contributed by atoms with Gasteiger partial charge >= 0.3 is 0 Å². The van der Waals surface area contributed by atoms with Crippen molar-refractivity contribution in [3.05, 3.63) is 0 Å². The van der Waals surface area contributed by atoms with E-state index < -0.39 is 0 Å². The van der Waals surface area contributed by atoms with Crippen LogP contribution >= 0.6 is 11.6 Å². The highest BCUT2D eigenvalue weighted by Crippen LogP contribution is 2.46. The summed E-state index contributed by atoms with van der Waals surface area (Å²) in [5.41, 5.74) is 0.297. The number of rotatable bonds is 3. The molecule has 3 rings (SSSR count). The third-order valence-electron chi connectivity index (χ3n) is 5.99. The molecular weight excluding hydrogens is 256 g/mol. The fourth-order valence-electron chi connectivity index (χ4n) is 4.73. The molecule has 0 aromatic heterocycles. The van der Waals surface area contributed by atoms with Crippen LogP contribution in [0.2, 0.25) is 0 Å². The van der Waals surface area contributed by atoms with Crippen molar-refractivity contribution in [1.29, 1.82) is 0 Å². The van der Waals surface area contributed by atoms with Gasteiger partial charge in [-0.25, -0.2) is 0 Å². The van der Waals surface area contributed by atoms with Crippen molar-refractivity contribution in [2.24, 2.45) is 11.8 Å². The van der Waals surface area contributed by atoms with E-state index in [2.05, 4.69) is 6.92 Å². The van der Waals surface area contributed by atoms with Gasteiger partial charge in [-0.3, -0.25) is 0 Å². The Balaban J connectivity index is 1.53. The Hall–Kier alpha value is 0.250. The van der Waals surface area contributed by atoms with Crippen LogP contribution in [-0.2, 0) is 4.74 Å². The number of ether oxygens (including phenoxy) is 1. The van der Waals surface area contributed by atoms with Crippen LogP contribution in [0.25, 0.3) is 0 Å². The molecule has 2 aliphatic carbocycles. The molecule has 1 spiro atoms. The number of halogens is 1. The first-order valence-corrected chi connectivity index (χ1v) is 8.96. The van der Waals surface area contributed by atoms with E-state index in [1.165, 1.54) is 70.6 Å². The first-order valence-electron chi connectivity index (χ1n) is 8.53. The van der Waals surface area contributed by atoms with E-state index in [4.69, 9.17) is 16.3 Å². The highest BCUT2D eigenvalue weighted by molar-refractivity contribution is 6.20. The smallest absolute Gasteiger partial charge is 0.0687 e. The molecule has 0 bridgehead atoms. The Bertz CT molecular complexity index is 298. The van der Waals surface area contributed by atoms with E-state index in [-0.39, 0.29) is 0 Å². The Kier molecular flexibility index (Phi) is 4.43. The maximum absolute atomic E-state index is 6.58. The molecule has 0 N–H and O–H groups in total. The largest absolute Gasteiger partial charge is 0.372 e. The maximum Gasteiger partial charge on any atom is 0.0687 e. The summed E-state index contributed by atoms with van der Waals surface area (Å²) in [4.78, 5) is 0. The standard InChI is InChI=1S/C17H29ClO/c1-2-13-5-6-16(18)14(11-13)12-15-7-10-17(19-15)8-3-4-9-17/h13-16H,2-12H2,1H3. The molecule has 4 atom stereocenters. The zero-order valence-corrected chi connectivity index (χ0v) is 13.1. The molecule has 0 aromatic rings. The summed E-state index contributed by atoms with van der Waals surface area (Å²) in [5, 5.41) is 0.409. The summed E-state index contributed by atoms with van der Waals surface area (Å²) in [6.07, 6.45) is 15.0. The molecule has 3 aliphatic rings. The lowest BCUT2D eigenvalue weighted by molar-refractivity contribution is -0.0465. The predicted molar refractivity (Wildman–Crippen MR) is 80.7 cm³/mol. The summed E-state index contributed by atoms with van der Waals surface area (Å²) < 4.78 is 6.47. The molecular formula is C17H29ClO. The fourth-order valence-corrected chi connectivity index (χ4v) is 5.06. The van der Waals surface area contributed by atoms with Gasteiger partial charge in [0.1, 0.15) is 0 Å². The summed E-state index contributed by atoms with van der Waals surface area (Å²) in [6, 6.07) is 0. The molecule has 3 fully saturated rings. The van der Waals surface area contributed by atoms with Crippen molar-refractivity contribution < 1.29 is 4.74 Å². The van der Waals surface area contributed by atoms with E-state index in [1.54, 1.807) is 0 Å². The quantitative estimate of drug-likeness (QED) is 0.639. The van der Waals surface area contributed by atoms with Crippen molar-refractivity contribution in [1.82, 2.24) is 0 Å². The van der Waals surface area contributed by atoms with Gasteiger partial charge in [-0.1, -0.05) is 26.2 Å². The van der Waals surface area contributed by atoms with Gasteiger partial charge in [-0.05, 0) is 63.2 Å². The zero-order valence-electron chi connectivity index (χ0n) is 12.4. The lowest BCUT2D eigenvalue weighted by Gasteiger charge is -2.34. The zero-order chi connectivity index (χ0) is 13.3. The van der Waals surface area contributed by atoms with Crippen molar-refractivity contribution in [3.8, 4) is 0 Å². The fraction of sp³-hybridized carbons (Fsp3) is 1.00. The topological polar surface area (TPSA) is 9.23 Å². The minimum atomic E-state index is 0.297. The lowest BCUT2D eigenvalue weighted by atomic mass is 9.77. The van der Waals surface area contributed by atoms with Crippen LogP contribution in [0.15, 0.2) is 0 Å². The SMILES string of the molecule is CCC1CCC(Cl)C(CC2CCC3(CCCC3)O2)C1. The summed E-state index contributed by atoms with van der Waals surface area (Å²) in [5.74, 6) is 1.63. The van der Waals surface area contributed by atoms with Gasteiger partial charge in [0.25, 0.3) is 0 Å². The molecule has 0 radical (unpaired) electrons. The maximum atomic E-state index is 6.58. The predicted octanol–water partition coefficient (Wildman–Crippen LogP) is 5.30. The van der Waals surface area contributed by atoms with Gasteiger partial charge in [0.2, 0.25) is 0 Å². The average molecular weight is 285 g/mol. The minimum absolute atomic E-state index is 0.297.